The quantitative estimate of drug-likeness (QED) is 0.153. The van der Waals surface area contributed by atoms with E-state index in [0.717, 1.165) is 24.0 Å². The van der Waals surface area contributed by atoms with Crippen molar-refractivity contribution in [3.8, 4) is 0 Å². The van der Waals surface area contributed by atoms with Crippen molar-refractivity contribution in [1.29, 1.82) is 0 Å². The van der Waals surface area contributed by atoms with Crippen molar-refractivity contribution < 1.29 is 18.3 Å². The van der Waals surface area contributed by atoms with E-state index in [0.29, 0.717) is 34.2 Å². The molecule has 0 spiro atoms. The molecular formula is C28H39F2NO2S. The molecule has 0 saturated heterocycles. The molecule has 6 heteroatoms. The lowest BCUT2D eigenvalue weighted by atomic mass is 10.1. The van der Waals surface area contributed by atoms with Crippen molar-refractivity contribution in [2.45, 2.75) is 72.6 Å². The molecule has 34 heavy (non-hydrogen) atoms. The topological polar surface area (TPSA) is 38.7 Å². The molecule has 2 rings (SSSR count). The van der Waals surface area contributed by atoms with Gasteiger partial charge in [-0.05, 0) is 51.3 Å². The zero-order chi connectivity index (χ0) is 26.1. The smallest absolute Gasteiger partial charge is 0.157 e. The maximum absolute atomic E-state index is 14.0. The second-order valence-corrected chi connectivity index (χ2v) is 8.11. The first kappa shape index (κ1) is 31.7. The highest BCUT2D eigenvalue weighted by atomic mass is 32.2. The van der Waals surface area contributed by atoms with Crippen molar-refractivity contribution in [2.24, 2.45) is 4.99 Å². The fraction of sp³-hybridized carbons (Fsp3) is 0.429. The number of ketones is 1. The van der Waals surface area contributed by atoms with Crippen LogP contribution in [0.25, 0.3) is 0 Å². The average Bonchev–Trinajstić information content (AvgIpc) is 2.81. The van der Waals surface area contributed by atoms with Gasteiger partial charge < -0.3 is 4.74 Å². The van der Waals surface area contributed by atoms with Crippen LogP contribution in [0.3, 0.4) is 0 Å². The van der Waals surface area contributed by atoms with Crippen molar-refractivity contribution in [3.63, 3.8) is 0 Å². The fourth-order valence-electron chi connectivity index (χ4n) is 3.17. The molecule has 0 aromatic heterocycles. The average molecular weight is 492 g/mol. The Labute approximate surface area is 208 Å². The molecule has 0 heterocycles. The summed E-state index contributed by atoms with van der Waals surface area (Å²) in [5, 5.41) is 0. The van der Waals surface area contributed by atoms with Gasteiger partial charge in [0.15, 0.2) is 5.78 Å². The summed E-state index contributed by atoms with van der Waals surface area (Å²) in [5.41, 5.74) is 3.61. The van der Waals surface area contributed by atoms with Crippen LogP contribution in [0.5, 0.6) is 0 Å². The number of nitrogens with zero attached hydrogens (tertiary/aromatic N) is 1. The number of allylic oxidation sites excluding steroid dienone is 2. The molecule has 0 saturated carbocycles. The molecule has 0 aliphatic heterocycles. The van der Waals surface area contributed by atoms with Crippen LogP contribution in [0, 0.1) is 11.6 Å². The lowest BCUT2D eigenvalue weighted by Crippen LogP contribution is -2.03. The van der Waals surface area contributed by atoms with Crippen LogP contribution in [-0.2, 0) is 16.0 Å². The van der Waals surface area contributed by atoms with Gasteiger partial charge >= 0.3 is 0 Å². The molecule has 0 radical (unpaired) electrons. The molecule has 0 aliphatic carbocycles. The lowest BCUT2D eigenvalue weighted by molar-refractivity contribution is -0.113. The number of carbonyl (C=O) groups is 1. The summed E-state index contributed by atoms with van der Waals surface area (Å²) in [6.07, 6.45) is 2.47. The highest BCUT2D eigenvalue weighted by Gasteiger charge is 2.12. The third-order valence-corrected chi connectivity index (χ3v) is 5.76. The van der Waals surface area contributed by atoms with E-state index in [1.165, 1.54) is 30.8 Å². The van der Waals surface area contributed by atoms with E-state index in [-0.39, 0.29) is 17.4 Å². The van der Waals surface area contributed by atoms with E-state index >= 15 is 0 Å². The van der Waals surface area contributed by atoms with Gasteiger partial charge in [-0.1, -0.05) is 76.2 Å². The molecule has 0 unspecified atom stereocenters. The number of Topliss-reactive ketones (excluding diaryl/α,β-unsaturated/α-hetero) is 1. The molecule has 0 bridgehead atoms. The number of halogens is 2. The van der Waals surface area contributed by atoms with E-state index in [1.807, 2.05) is 59.7 Å². The van der Waals surface area contributed by atoms with Gasteiger partial charge in [0.25, 0.3) is 0 Å². The normalized spacial score (nSPS) is 11.5. The molecule has 0 amide bonds. The standard InChI is InChI=1S/C17H22FNO2S.C9H11F.C2H6/c1-6-14(13(4)20)11(2)19-12(3)15-8-7-9-16(18)17(15)22-10-21-5;1-2-5-8-6-3-4-7-9(8)10;1-2/h7-9H,6,10H2,1-5H3;3-4,6-7H,2,5H2,1H3;1-2H3/b14-11-,19-12?;;. The first-order valence-corrected chi connectivity index (χ1v) is 12.6. The zero-order valence-electron chi connectivity index (χ0n) is 21.8. The molecule has 0 N–H and O–H groups in total. The van der Waals surface area contributed by atoms with Crippen LogP contribution in [0.1, 0.15) is 72.4 Å². The summed E-state index contributed by atoms with van der Waals surface area (Å²) in [7, 11) is 1.57. The largest absolute Gasteiger partial charge is 0.374 e. The number of ether oxygens (including phenoxy) is 1. The van der Waals surface area contributed by atoms with Crippen molar-refractivity contribution in [3.05, 3.63) is 76.5 Å². The highest BCUT2D eigenvalue weighted by Crippen LogP contribution is 2.27. The summed E-state index contributed by atoms with van der Waals surface area (Å²) in [6, 6.07) is 11.8. The lowest BCUT2D eigenvalue weighted by Gasteiger charge is -2.11. The Balaban J connectivity index is 0.000000753. The minimum atomic E-state index is -0.294. The number of carbonyl (C=O) groups excluding carboxylic acids is 1. The number of benzene rings is 2. The third-order valence-electron chi connectivity index (χ3n) is 4.71. The van der Waals surface area contributed by atoms with E-state index < -0.39 is 0 Å². The summed E-state index contributed by atoms with van der Waals surface area (Å²) in [6.45, 7) is 13.1. The van der Waals surface area contributed by atoms with Crippen molar-refractivity contribution >= 4 is 23.3 Å². The molecule has 188 valence electrons. The van der Waals surface area contributed by atoms with Gasteiger partial charge in [-0.3, -0.25) is 9.79 Å². The first-order chi connectivity index (χ1) is 16.3. The number of hydrogen-bond donors (Lipinski definition) is 0. The summed E-state index contributed by atoms with van der Waals surface area (Å²) in [4.78, 5) is 16.6. The van der Waals surface area contributed by atoms with Crippen LogP contribution in [0.15, 0.2) is 63.6 Å². The predicted octanol–water partition coefficient (Wildman–Crippen LogP) is 8.41. The molecule has 0 aliphatic rings. The first-order valence-electron chi connectivity index (χ1n) is 11.7. The Hall–Kier alpha value is -2.31. The minimum Gasteiger partial charge on any atom is -0.374 e. The number of aryl methyl sites for hydroxylation is 1. The van der Waals surface area contributed by atoms with Crippen LogP contribution < -0.4 is 0 Å². The molecule has 0 atom stereocenters. The van der Waals surface area contributed by atoms with E-state index in [9.17, 15) is 13.6 Å². The number of methoxy groups -OCH3 is 1. The van der Waals surface area contributed by atoms with E-state index in [2.05, 4.69) is 4.99 Å². The maximum atomic E-state index is 14.0. The van der Waals surface area contributed by atoms with Gasteiger partial charge in [0, 0.05) is 29.7 Å². The molecular weight excluding hydrogens is 452 g/mol. The van der Waals surface area contributed by atoms with Crippen molar-refractivity contribution in [1.82, 2.24) is 0 Å². The van der Waals surface area contributed by atoms with Gasteiger partial charge in [0.05, 0.1) is 10.8 Å². The Morgan fingerprint density at radius 3 is 2.12 bits per heavy atom. The summed E-state index contributed by atoms with van der Waals surface area (Å²) < 4.78 is 31.8. The maximum Gasteiger partial charge on any atom is 0.157 e. The van der Waals surface area contributed by atoms with Crippen LogP contribution in [0.4, 0.5) is 8.78 Å². The Morgan fingerprint density at radius 2 is 1.59 bits per heavy atom. The Morgan fingerprint density at radius 1 is 0.971 bits per heavy atom. The van der Waals surface area contributed by atoms with Crippen LogP contribution >= 0.6 is 11.8 Å². The van der Waals surface area contributed by atoms with E-state index in [1.54, 1.807) is 19.2 Å². The fourth-order valence-corrected chi connectivity index (χ4v) is 3.98. The van der Waals surface area contributed by atoms with Crippen LogP contribution in [-0.4, -0.2) is 24.5 Å². The highest BCUT2D eigenvalue weighted by molar-refractivity contribution is 7.99. The molecule has 2 aromatic carbocycles. The zero-order valence-corrected chi connectivity index (χ0v) is 22.6. The molecule has 0 fully saturated rings. The Bertz CT molecular complexity index is 955. The van der Waals surface area contributed by atoms with E-state index in [4.69, 9.17) is 4.74 Å². The van der Waals surface area contributed by atoms with Gasteiger partial charge in [0.1, 0.15) is 11.6 Å². The number of hydrogen-bond acceptors (Lipinski definition) is 4. The van der Waals surface area contributed by atoms with Gasteiger partial charge in [-0.15, -0.1) is 0 Å². The SMILES string of the molecule is CC.CC/C(C(C)=O)=C(\C)N=C(C)c1cccc(F)c1SCOC.CCCc1ccccc1F. The predicted molar refractivity (Wildman–Crippen MR) is 142 cm³/mol. The number of rotatable bonds is 9. The Kier molecular flexibility index (Phi) is 16.8. The molecule has 2 aromatic rings. The molecule has 3 nitrogen and oxygen atoms in total. The second-order valence-electron chi connectivity index (χ2n) is 7.18. The van der Waals surface area contributed by atoms with Gasteiger partial charge in [0.2, 0.25) is 0 Å². The monoisotopic (exact) mass is 491 g/mol. The third kappa shape index (κ3) is 10.7. The second kappa shape index (κ2) is 18.1. The van der Waals surface area contributed by atoms with Gasteiger partial charge in [-0.2, -0.15) is 0 Å². The van der Waals surface area contributed by atoms with Crippen molar-refractivity contribution in [2.75, 3.05) is 13.0 Å². The number of aliphatic imine (C=N–C) groups is 1. The van der Waals surface area contributed by atoms with Crippen LogP contribution in [0.2, 0.25) is 0 Å². The number of thioether (sulfide) groups is 1. The van der Waals surface area contributed by atoms with Gasteiger partial charge in [-0.25, -0.2) is 8.78 Å². The summed E-state index contributed by atoms with van der Waals surface area (Å²) in [5.74, 6) is 0.0103. The minimum absolute atomic E-state index is 0.0183. The summed E-state index contributed by atoms with van der Waals surface area (Å²) >= 11 is 1.29.